The number of H-pyrrole nitrogens is 1. The second-order valence-electron chi connectivity index (χ2n) is 5.71. The summed E-state index contributed by atoms with van der Waals surface area (Å²) in [6, 6.07) is 24.1. The van der Waals surface area contributed by atoms with Gasteiger partial charge in [0.25, 0.3) is 0 Å². The Kier molecular flexibility index (Phi) is 4.25. The molecule has 4 nitrogen and oxygen atoms in total. The number of hydrogen-bond acceptors (Lipinski definition) is 3. The molecule has 0 aliphatic heterocycles. The molecule has 122 valence electrons. The average molecular weight is 327 g/mol. The fraction of sp³-hybridized carbons (Fsp3) is 0.0476. The third kappa shape index (κ3) is 3.43. The summed E-state index contributed by atoms with van der Waals surface area (Å²) in [5.41, 5.74) is 4.73. The van der Waals surface area contributed by atoms with Crippen molar-refractivity contribution in [3.8, 4) is 0 Å². The SMILES string of the molecule is c1ccc(CON=C(c2ccccc2)c2cc3ccncc3[nH]2)cc1. The Hall–Kier alpha value is -3.40. The fourth-order valence-corrected chi connectivity index (χ4v) is 2.70. The van der Waals surface area contributed by atoms with Gasteiger partial charge < -0.3 is 9.82 Å². The molecule has 1 N–H and O–H groups in total. The van der Waals surface area contributed by atoms with Crippen molar-refractivity contribution in [2.75, 3.05) is 0 Å². The summed E-state index contributed by atoms with van der Waals surface area (Å²) in [7, 11) is 0. The van der Waals surface area contributed by atoms with Gasteiger partial charge in [0.2, 0.25) is 0 Å². The Morgan fingerprint density at radius 1 is 0.960 bits per heavy atom. The second kappa shape index (κ2) is 7.01. The largest absolute Gasteiger partial charge is 0.390 e. The Bertz CT molecular complexity index is 958. The highest BCUT2D eigenvalue weighted by Crippen LogP contribution is 2.18. The number of pyridine rings is 1. The molecule has 0 fully saturated rings. The fourth-order valence-electron chi connectivity index (χ4n) is 2.70. The van der Waals surface area contributed by atoms with Crippen LogP contribution in [0.15, 0.2) is 90.3 Å². The van der Waals surface area contributed by atoms with Crippen LogP contribution < -0.4 is 0 Å². The Balaban J connectivity index is 1.68. The van der Waals surface area contributed by atoms with Crippen LogP contribution >= 0.6 is 0 Å². The van der Waals surface area contributed by atoms with Gasteiger partial charge >= 0.3 is 0 Å². The summed E-state index contributed by atoms with van der Waals surface area (Å²) in [5.74, 6) is 0. The molecule has 0 saturated heterocycles. The first-order valence-corrected chi connectivity index (χ1v) is 8.12. The molecule has 4 heteroatoms. The summed E-state index contributed by atoms with van der Waals surface area (Å²) in [5, 5.41) is 5.51. The number of nitrogens with zero attached hydrogens (tertiary/aromatic N) is 2. The normalized spacial score (nSPS) is 11.6. The van der Waals surface area contributed by atoms with Crippen LogP contribution in [0.5, 0.6) is 0 Å². The third-order valence-corrected chi connectivity index (χ3v) is 3.96. The Labute approximate surface area is 145 Å². The van der Waals surface area contributed by atoms with E-state index in [9.17, 15) is 0 Å². The van der Waals surface area contributed by atoms with Crippen LogP contribution in [-0.2, 0) is 11.4 Å². The van der Waals surface area contributed by atoms with E-state index in [0.29, 0.717) is 6.61 Å². The minimum atomic E-state index is 0.430. The molecule has 0 aliphatic rings. The summed E-state index contributed by atoms with van der Waals surface area (Å²) >= 11 is 0. The van der Waals surface area contributed by atoms with Crippen LogP contribution in [0, 0.1) is 0 Å². The minimum Gasteiger partial charge on any atom is -0.390 e. The van der Waals surface area contributed by atoms with E-state index in [4.69, 9.17) is 4.84 Å². The maximum atomic E-state index is 5.64. The lowest BCUT2D eigenvalue weighted by Crippen LogP contribution is -2.05. The van der Waals surface area contributed by atoms with Crippen LogP contribution in [-0.4, -0.2) is 15.7 Å². The number of rotatable bonds is 5. The Morgan fingerprint density at radius 3 is 2.48 bits per heavy atom. The van der Waals surface area contributed by atoms with Gasteiger partial charge in [-0.15, -0.1) is 0 Å². The summed E-state index contributed by atoms with van der Waals surface area (Å²) in [4.78, 5) is 13.2. The van der Waals surface area contributed by atoms with E-state index in [-0.39, 0.29) is 0 Å². The summed E-state index contributed by atoms with van der Waals surface area (Å²) < 4.78 is 0. The van der Waals surface area contributed by atoms with Gasteiger partial charge in [-0.3, -0.25) is 4.98 Å². The van der Waals surface area contributed by atoms with Crippen molar-refractivity contribution >= 4 is 16.6 Å². The lowest BCUT2D eigenvalue weighted by Gasteiger charge is -2.06. The Morgan fingerprint density at radius 2 is 1.72 bits per heavy atom. The van der Waals surface area contributed by atoms with E-state index in [2.05, 4.69) is 21.2 Å². The topological polar surface area (TPSA) is 50.3 Å². The van der Waals surface area contributed by atoms with Crippen LogP contribution in [0.25, 0.3) is 10.9 Å². The number of oxime groups is 1. The quantitative estimate of drug-likeness (QED) is 0.432. The molecule has 0 saturated carbocycles. The standard InChI is InChI=1S/C21H17N3O/c1-3-7-16(8-4-1)15-25-24-21(17-9-5-2-6-10-17)19-13-18-11-12-22-14-20(18)23-19/h1-14,23H,15H2. The van der Waals surface area contributed by atoms with Crippen LogP contribution in [0.4, 0.5) is 0 Å². The van der Waals surface area contributed by atoms with Crippen molar-refractivity contribution in [2.45, 2.75) is 6.61 Å². The van der Waals surface area contributed by atoms with E-state index >= 15 is 0 Å². The molecule has 2 aromatic carbocycles. The minimum absolute atomic E-state index is 0.430. The number of aromatic amines is 1. The first kappa shape index (κ1) is 15.1. The molecule has 4 rings (SSSR count). The zero-order valence-electron chi connectivity index (χ0n) is 13.6. The van der Waals surface area contributed by atoms with E-state index in [1.54, 1.807) is 6.20 Å². The number of aromatic nitrogens is 2. The third-order valence-electron chi connectivity index (χ3n) is 3.96. The lowest BCUT2D eigenvalue weighted by molar-refractivity contribution is 0.131. The molecule has 25 heavy (non-hydrogen) atoms. The number of nitrogens with one attached hydrogen (secondary N) is 1. The molecule has 0 aliphatic carbocycles. The van der Waals surface area contributed by atoms with E-state index in [1.165, 1.54) is 0 Å². The predicted octanol–water partition coefficient (Wildman–Crippen LogP) is 4.53. The lowest BCUT2D eigenvalue weighted by atomic mass is 10.1. The van der Waals surface area contributed by atoms with Gasteiger partial charge in [-0.25, -0.2) is 0 Å². The number of benzene rings is 2. The molecule has 4 aromatic rings. The van der Waals surface area contributed by atoms with Crippen LogP contribution in [0.2, 0.25) is 0 Å². The van der Waals surface area contributed by atoms with Crippen LogP contribution in [0.1, 0.15) is 16.8 Å². The van der Waals surface area contributed by atoms with Gasteiger partial charge in [-0.05, 0) is 17.7 Å². The molecule has 0 amide bonds. The number of fused-ring (bicyclic) bond motifs is 1. The molecule has 0 radical (unpaired) electrons. The van der Waals surface area contributed by atoms with Crippen LogP contribution in [0.3, 0.4) is 0 Å². The molecule has 0 unspecified atom stereocenters. The molecule has 0 bridgehead atoms. The van der Waals surface area contributed by atoms with Gasteiger partial charge in [0.15, 0.2) is 0 Å². The van der Waals surface area contributed by atoms with Crippen molar-refractivity contribution in [3.63, 3.8) is 0 Å². The second-order valence-corrected chi connectivity index (χ2v) is 5.71. The summed E-state index contributed by atoms with van der Waals surface area (Å²) in [6.07, 6.45) is 3.59. The zero-order chi connectivity index (χ0) is 16.9. The molecule has 0 spiro atoms. The molecule has 2 aromatic heterocycles. The average Bonchev–Trinajstić information content (AvgIpc) is 3.10. The first-order chi connectivity index (χ1) is 12.4. The van der Waals surface area contributed by atoms with E-state index in [0.717, 1.165) is 33.4 Å². The summed E-state index contributed by atoms with van der Waals surface area (Å²) in [6.45, 7) is 0.430. The predicted molar refractivity (Wildman–Crippen MR) is 99.4 cm³/mol. The maximum absolute atomic E-state index is 5.64. The monoisotopic (exact) mass is 327 g/mol. The highest BCUT2D eigenvalue weighted by molar-refractivity contribution is 6.13. The first-order valence-electron chi connectivity index (χ1n) is 8.12. The number of hydrogen-bond donors (Lipinski definition) is 1. The van der Waals surface area contributed by atoms with Crippen molar-refractivity contribution in [1.29, 1.82) is 0 Å². The van der Waals surface area contributed by atoms with E-state index in [1.807, 2.05) is 72.9 Å². The highest BCUT2D eigenvalue weighted by atomic mass is 16.6. The highest BCUT2D eigenvalue weighted by Gasteiger charge is 2.11. The van der Waals surface area contributed by atoms with Crippen molar-refractivity contribution < 1.29 is 4.84 Å². The van der Waals surface area contributed by atoms with Gasteiger partial charge in [-0.2, -0.15) is 0 Å². The molecular formula is C21H17N3O. The van der Waals surface area contributed by atoms with Crippen molar-refractivity contribution in [1.82, 2.24) is 9.97 Å². The zero-order valence-corrected chi connectivity index (χ0v) is 13.6. The van der Waals surface area contributed by atoms with Crippen molar-refractivity contribution in [2.24, 2.45) is 5.16 Å². The smallest absolute Gasteiger partial charge is 0.142 e. The molecule has 0 atom stereocenters. The molecular weight excluding hydrogens is 310 g/mol. The maximum Gasteiger partial charge on any atom is 0.142 e. The van der Waals surface area contributed by atoms with Gasteiger partial charge in [0.1, 0.15) is 12.3 Å². The van der Waals surface area contributed by atoms with Gasteiger partial charge in [0.05, 0.1) is 17.4 Å². The van der Waals surface area contributed by atoms with Gasteiger partial charge in [-0.1, -0.05) is 65.8 Å². The molecule has 2 heterocycles. The van der Waals surface area contributed by atoms with E-state index < -0.39 is 0 Å². The van der Waals surface area contributed by atoms with Crippen molar-refractivity contribution in [3.05, 3.63) is 102 Å². The van der Waals surface area contributed by atoms with Gasteiger partial charge in [0, 0.05) is 17.1 Å².